The number of ketones is 1. The second-order valence-corrected chi connectivity index (χ2v) is 5.67. The predicted octanol–water partition coefficient (Wildman–Crippen LogP) is 1.61. The molecule has 0 radical (unpaired) electrons. The normalized spacial score (nSPS) is 21.5. The zero-order valence-corrected chi connectivity index (χ0v) is 9.68. The lowest BCUT2D eigenvalue weighted by molar-refractivity contribution is -0.143. The minimum absolute atomic E-state index is 0.0633. The van der Waals surface area contributed by atoms with Gasteiger partial charge in [-0.05, 0) is 13.8 Å². The fourth-order valence-electron chi connectivity index (χ4n) is 1.78. The van der Waals surface area contributed by atoms with E-state index >= 15 is 0 Å². The second kappa shape index (κ2) is 3.07. The van der Waals surface area contributed by atoms with Crippen molar-refractivity contribution in [2.45, 2.75) is 46.6 Å². The number of carbonyl (C=O) groups excluding carboxylic acids is 2. The van der Waals surface area contributed by atoms with Crippen LogP contribution in [0, 0.1) is 5.41 Å². The van der Waals surface area contributed by atoms with Crippen molar-refractivity contribution in [2.75, 3.05) is 6.54 Å². The highest BCUT2D eigenvalue weighted by Gasteiger charge is 2.43. The van der Waals surface area contributed by atoms with Crippen LogP contribution in [0.5, 0.6) is 0 Å². The first-order valence-corrected chi connectivity index (χ1v) is 4.98. The Morgan fingerprint density at radius 2 is 1.86 bits per heavy atom. The summed E-state index contributed by atoms with van der Waals surface area (Å²) in [6.07, 6.45) is 0.481. The van der Waals surface area contributed by atoms with Crippen molar-refractivity contribution in [3.63, 3.8) is 0 Å². The Bertz CT molecular complexity index is 274. The molecule has 1 amide bonds. The van der Waals surface area contributed by atoms with Crippen molar-refractivity contribution in [3.05, 3.63) is 0 Å². The van der Waals surface area contributed by atoms with Gasteiger partial charge in [0.1, 0.15) is 0 Å². The first kappa shape index (κ1) is 11.2. The smallest absolute Gasteiger partial charge is 0.228 e. The largest absolute Gasteiger partial charge is 0.329 e. The molecule has 1 aliphatic rings. The third-order valence-electron chi connectivity index (χ3n) is 2.58. The lowest BCUT2D eigenvalue weighted by Crippen LogP contribution is -2.47. The molecule has 0 atom stereocenters. The van der Waals surface area contributed by atoms with Crippen LogP contribution in [0.2, 0.25) is 0 Å². The van der Waals surface area contributed by atoms with Gasteiger partial charge in [-0.2, -0.15) is 0 Å². The molecular formula is C11H19NO2. The Kier molecular flexibility index (Phi) is 2.46. The number of rotatable bonds is 0. The van der Waals surface area contributed by atoms with Crippen LogP contribution in [-0.2, 0) is 9.59 Å². The number of Topliss-reactive ketones (excluding diaryl/α,β-unsaturated/α-hetero) is 1. The maximum atomic E-state index is 12.0. The van der Waals surface area contributed by atoms with Crippen molar-refractivity contribution in [1.82, 2.24) is 4.90 Å². The van der Waals surface area contributed by atoms with Gasteiger partial charge in [0.25, 0.3) is 0 Å². The van der Waals surface area contributed by atoms with Crippen molar-refractivity contribution >= 4 is 11.7 Å². The van der Waals surface area contributed by atoms with Crippen molar-refractivity contribution < 1.29 is 9.59 Å². The van der Waals surface area contributed by atoms with Gasteiger partial charge in [0.05, 0.1) is 6.54 Å². The summed E-state index contributed by atoms with van der Waals surface area (Å²) in [5.41, 5.74) is -0.705. The first-order valence-electron chi connectivity index (χ1n) is 4.98. The van der Waals surface area contributed by atoms with Crippen molar-refractivity contribution in [2.24, 2.45) is 5.41 Å². The maximum absolute atomic E-state index is 12.0. The summed E-state index contributed by atoms with van der Waals surface area (Å²) < 4.78 is 0. The van der Waals surface area contributed by atoms with E-state index in [0.29, 0.717) is 6.42 Å². The van der Waals surface area contributed by atoms with Gasteiger partial charge in [0.15, 0.2) is 5.78 Å². The molecule has 1 aliphatic heterocycles. The van der Waals surface area contributed by atoms with E-state index in [4.69, 9.17) is 0 Å². The van der Waals surface area contributed by atoms with Crippen LogP contribution in [0.25, 0.3) is 0 Å². The third-order valence-corrected chi connectivity index (χ3v) is 2.58. The third kappa shape index (κ3) is 1.97. The van der Waals surface area contributed by atoms with E-state index in [-0.39, 0.29) is 23.8 Å². The summed E-state index contributed by atoms with van der Waals surface area (Å²) in [6.45, 7) is 9.82. The zero-order valence-electron chi connectivity index (χ0n) is 9.68. The van der Waals surface area contributed by atoms with Gasteiger partial charge in [0.2, 0.25) is 5.91 Å². The Morgan fingerprint density at radius 1 is 1.36 bits per heavy atom. The average molecular weight is 197 g/mol. The van der Waals surface area contributed by atoms with Crippen LogP contribution in [0.1, 0.15) is 41.0 Å². The molecule has 0 saturated carbocycles. The molecule has 0 bridgehead atoms. The Morgan fingerprint density at radius 3 is 2.14 bits per heavy atom. The second-order valence-electron chi connectivity index (χ2n) is 5.67. The molecule has 0 unspecified atom stereocenters. The van der Waals surface area contributed by atoms with E-state index in [9.17, 15) is 9.59 Å². The van der Waals surface area contributed by atoms with Crippen LogP contribution in [0.3, 0.4) is 0 Å². The van der Waals surface area contributed by atoms with Gasteiger partial charge in [-0.3, -0.25) is 9.59 Å². The minimum Gasteiger partial charge on any atom is -0.329 e. The molecule has 80 valence electrons. The Balaban J connectivity index is 2.89. The fourth-order valence-corrected chi connectivity index (χ4v) is 1.78. The standard InChI is InChI=1S/C11H19NO2/c1-10(2,3)9(14)12-7-8(13)6-11(12,4)5/h6-7H2,1-5H3. The number of hydrogen-bond acceptors (Lipinski definition) is 2. The quantitative estimate of drug-likeness (QED) is 0.591. The number of carbonyl (C=O) groups is 2. The molecule has 3 nitrogen and oxygen atoms in total. The molecule has 0 aromatic rings. The molecule has 14 heavy (non-hydrogen) atoms. The molecular weight excluding hydrogens is 178 g/mol. The highest BCUT2D eigenvalue weighted by Crippen LogP contribution is 2.30. The topological polar surface area (TPSA) is 37.4 Å². The van der Waals surface area contributed by atoms with E-state index in [1.165, 1.54) is 0 Å². The number of likely N-dealkylation sites (tertiary alicyclic amines) is 1. The lowest BCUT2D eigenvalue weighted by atomic mass is 9.92. The summed E-state index contributed by atoms with van der Waals surface area (Å²) >= 11 is 0. The van der Waals surface area contributed by atoms with Gasteiger partial charge >= 0.3 is 0 Å². The van der Waals surface area contributed by atoms with Crippen LogP contribution < -0.4 is 0 Å². The summed E-state index contributed by atoms with van der Waals surface area (Å²) in [4.78, 5) is 25.0. The van der Waals surface area contributed by atoms with E-state index < -0.39 is 5.41 Å². The molecule has 1 heterocycles. The Labute approximate surface area is 85.5 Å². The molecule has 1 rings (SSSR count). The van der Waals surface area contributed by atoms with E-state index in [0.717, 1.165) is 0 Å². The van der Waals surface area contributed by atoms with E-state index in [1.807, 2.05) is 34.6 Å². The monoisotopic (exact) mass is 197 g/mol. The fraction of sp³-hybridized carbons (Fsp3) is 0.818. The van der Waals surface area contributed by atoms with Crippen LogP contribution in [-0.4, -0.2) is 28.7 Å². The lowest BCUT2D eigenvalue weighted by Gasteiger charge is -2.35. The highest BCUT2D eigenvalue weighted by atomic mass is 16.2. The van der Waals surface area contributed by atoms with Gasteiger partial charge in [-0.1, -0.05) is 20.8 Å². The molecule has 1 fully saturated rings. The molecule has 1 saturated heterocycles. The predicted molar refractivity (Wildman–Crippen MR) is 54.9 cm³/mol. The number of nitrogens with zero attached hydrogens (tertiary/aromatic N) is 1. The van der Waals surface area contributed by atoms with Gasteiger partial charge in [0, 0.05) is 17.4 Å². The maximum Gasteiger partial charge on any atom is 0.228 e. The summed E-state index contributed by atoms with van der Waals surface area (Å²) in [5.74, 6) is 0.223. The van der Waals surface area contributed by atoms with Gasteiger partial charge in [-0.25, -0.2) is 0 Å². The Hall–Kier alpha value is -0.860. The van der Waals surface area contributed by atoms with Crippen LogP contribution in [0.15, 0.2) is 0 Å². The summed E-state index contributed by atoms with van der Waals surface area (Å²) in [6, 6.07) is 0. The average Bonchev–Trinajstić information content (AvgIpc) is 2.20. The zero-order chi connectivity index (χ0) is 11.1. The molecule has 0 spiro atoms. The molecule has 0 aromatic carbocycles. The van der Waals surface area contributed by atoms with E-state index in [2.05, 4.69) is 0 Å². The van der Waals surface area contributed by atoms with Crippen molar-refractivity contribution in [1.29, 1.82) is 0 Å². The minimum atomic E-state index is -0.401. The van der Waals surface area contributed by atoms with Crippen molar-refractivity contribution in [3.8, 4) is 0 Å². The van der Waals surface area contributed by atoms with E-state index in [1.54, 1.807) is 4.90 Å². The molecule has 3 heteroatoms. The van der Waals surface area contributed by atoms with Crippen LogP contribution >= 0.6 is 0 Å². The molecule has 0 aliphatic carbocycles. The highest BCUT2D eigenvalue weighted by molar-refractivity contribution is 5.92. The van der Waals surface area contributed by atoms with Gasteiger partial charge < -0.3 is 4.90 Å². The molecule has 0 aromatic heterocycles. The first-order chi connectivity index (χ1) is 6.14. The summed E-state index contributed by atoms with van der Waals surface area (Å²) in [5, 5.41) is 0. The van der Waals surface area contributed by atoms with Gasteiger partial charge in [-0.15, -0.1) is 0 Å². The van der Waals surface area contributed by atoms with Crippen LogP contribution in [0.4, 0.5) is 0 Å². The molecule has 0 N–H and O–H groups in total. The number of amides is 1. The SMILES string of the molecule is CC(C)(C)C(=O)N1CC(=O)CC1(C)C. The number of hydrogen-bond donors (Lipinski definition) is 0. The summed E-state index contributed by atoms with van der Waals surface area (Å²) in [7, 11) is 0.